The van der Waals surface area contributed by atoms with Crippen molar-refractivity contribution in [2.75, 3.05) is 23.0 Å². The molecule has 1 amide bonds. The van der Waals surface area contributed by atoms with Gasteiger partial charge in [-0.1, -0.05) is 0 Å². The van der Waals surface area contributed by atoms with E-state index in [9.17, 15) is 21.6 Å². The Hall–Kier alpha value is -1.42. The Morgan fingerprint density at radius 1 is 1.17 bits per heavy atom. The maximum Gasteiger partial charge on any atom is 0.254 e. The molecule has 2 unspecified atom stereocenters. The lowest BCUT2D eigenvalue weighted by atomic mass is 10.2. The van der Waals surface area contributed by atoms with Crippen LogP contribution in [0.3, 0.4) is 0 Å². The molecule has 2 aliphatic rings. The number of hydrogen-bond acceptors (Lipinski definition) is 6. The Bertz CT molecular complexity index is 841. The Morgan fingerprint density at radius 2 is 1.83 bits per heavy atom. The van der Waals surface area contributed by atoms with Gasteiger partial charge in [-0.25, -0.2) is 16.8 Å². The SMILES string of the molecule is Cc1c(C(=O)NC2CCS(=O)(=O)C2)cnn1C1CCS(=O)(=O)C1. The molecule has 2 atom stereocenters. The summed E-state index contributed by atoms with van der Waals surface area (Å²) in [4.78, 5) is 12.3. The molecule has 2 saturated heterocycles. The summed E-state index contributed by atoms with van der Waals surface area (Å²) in [5.74, 6) is -0.129. The van der Waals surface area contributed by atoms with E-state index in [0.717, 1.165) is 0 Å². The summed E-state index contributed by atoms with van der Waals surface area (Å²) in [5.41, 5.74) is 0.962. The smallest absolute Gasteiger partial charge is 0.254 e. The van der Waals surface area contributed by atoms with Gasteiger partial charge in [-0.15, -0.1) is 0 Å². The van der Waals surface area contributed by atoms with Crippen molar-refractivity contribution >= 4 is 25.6 Å². The molecule has 1 aromatic rings. The van der Waals surface area contributed by atoms with Crippen LogP contribution in [0.2, 0.25) is 0 Å². The molecular weight excluding hydrogens is 342 g/mol. The number of aromatic nitrogens is 2. The number of rotatable bonds is 3. The van der Waals surface area contributed by atoms with Crippen LogP contribution >= 0.6 is 0 Å². The van der Waals surface area contributed by atoms with E-state index < -0.39 is 19.7 Å². The summed E-state index contributed by atoms with van der Waals surface area (Å²) in [7, 11) is -6.09. The van der Waals surface area contributed by atoms with Crippen LogP contribution in [-0.2, 0) is 19.7 Å². The van der Waals surface area contributed by atoms with Gasteiger partial charge in [0.2, 0.25) is 0 Å². The number of hydrogen-bond donors (Lipinski definition) is 1. The van der Waals surface area contributed by atoms with Crippen molar-refractivity contribution in [3.05, 3.63) is 17.5 Å². The van der Waals surface area contributed by atoms with Crippen LogP contribution in [0.25, 0.3) is 0 Å². The summed E-state index contributed by atoms with van der Waals surface area (Å²) in [6.07, 6.45) is 2.33. The predicted molar refractivity (Wildman–Crippen MR) is 83.8 cm³/mol. The van der Waals surface area contributed by atoms with Crippen molar-refractivity contribution in [1.29, 1.82) is 0 Å². The lowest BCUT2D eigenvalue weighted by Gasteiger charge is -2.13. The number of carbonyl (C=O) groups is 1. The largest absolute Gasteiger partial charge is 0.348 e. The summed E-state index contributed by atoms with van der Waals surface area (Å²) < 4.78 is 47.6. The number of nitrogens with one attached hydrogen (secondary N) is 1. The first kappa shape index (κ1) is 16.4. The van der Waals surface area contributed by atoms with Crippen LogP contribution < -0.4 is 5.32 Å². The minimum Gasteiger partial charge on any atom is -0.348 e. The fourth-order valence-electron chi connectivity index (χ4n) is 3.15. The van der Waals surface area contributed by atoms with Crippen LogP contribution in [0.5, 0.6) is 0 Å². The van der Waals surface area contributed by atoms with Gasteiger partial charge in [0.15, 0.2) is 19.7 Å². The molecule has 3 heterocycles. The lowest BCUT2D eigenvalue weighted by molar-refractivity contribution is 0.0940. The minimum absolute atomic E-state index is 0.0349. The van der Waals surface area contributed by atoms with Gasteiger partial charge in [0, 0.05) is 11.7 Å². The minimum atomic E-state index is -3.06. The predicted octanol–water partition coefficient (Wildman–Crippen LogP) is -0.532. The summed E-state index contributed by atoms with van der Waals surface area (Å²) in [6.45, 7) is 1.72. The van der Waals surface area contributed by atoms with E-state index >= 15 is 0 Å². The van der Waals surface area contributed by atoms with E-state index in [1.54, 1.807) is 11.6 Å². The molecule has 1 N–H and O–H groups in total. The molecule has 128 valence electrons. The summed E-state index contributed by atoms with van der Waals surface area (Å²) in [6, 6.07) is -0.615. The fourth-order valence-corrected chi connectivity index (χ4v) is 6.52. The number of sulfone groups is 2. The second kappa shape index (κ2) is 5.59. The first-order chi connectivity index (χ1) is 10.7. The normalized spacial score (nSPS) is 28.7. The van der Waals surface area contributed by atoms with Gasteiger partial charge in [0.05, 0.1) is 40.8 Å². The monoisotopic (exact) mass is 361 g/mol. The first-order valence-corrected chi connectivity index (χ1v) is 11.1. The zero-order chi connectivity index (χ0) is 16.8. The van der Waals surface area contributed by atoms with Gasteiger partial charge in [0.25, 0.3) is 5.91 Å². The summed E-state index contributed by atoms with van der Waals surface area (Å²) in [5, 5.41) is 6.88. The van der Waals surface area contributed by atoms with E-state index in [1.807, 2.05) is 0 Å². The van der Waals surface area contributed by atoms with Crippen LogP contribution in [0.15, 0.2) is 6.20 Å². The molecule has 3 rings (SSSR count). The molecule has 0 aliphatic carbocycles. The quantitative estimate of drug-likeness (QED) is 0.774. The Labute approximate surface area is 135 Å². The second-order valence-corrected chi connectivity index (χ2v) is 10.7. The van der Waals surface area contributed by atoms with Gasteiger partial charge in [-0.05, 0) is 19.8 Å². The lowest BCUT2D eigenvalue weighted by Crippen LogP contribution is -2.35. The number of amides is 1. The van der Waals surface area contributed by atoms with E-state index in [4.69, 9.17) is 0 Å². The van der Waals surface area contributed by atoms with Crippen LogP contribution in [-0.4, -0.2) is 61.6 Å². The standard InChI is InChI=1S/C13H19N3O5S2/c1-9-12(13(17)15-10-2-4-22(18,19)7-10)6-14-16(9)11-3-5-23(20,21)8-11/h6,10-11H,2-5,7-8H2,1H3,(H,15,17). The molecule has 8 nitrogen and oxygen atoms in total. The van der Waals surface area contributed by atoms with Crippen molar-refractivity contribution in [3.63, 3.8) is 0 Å². The highest BCUT2D eigenvalue weighted by Crippen LogP contribution is 2.25. The molecule has 0 saturated carbocycles. The van der Waals surface area contributed by atoms with Gasteiger partial charge >= 0.3 is 0 Å². The molecule has 0 aromatic carbocycles. The highest BCUT2D eigenvalue weighted by molar-refractivity contribution is 7.91. The van der Waals surface area contributed by atoms with E-state index in [1.165, 1.54) is 6.20 Å². The Balaban J connectivity index is 1.73. The molecular formula is C13H19N3O5S2. The molecule has 1 aromatic heterocycles. The number of nitrogens with zero attached hydrogens (tertiary/aromatic N) is 2. The topological polar surface area (TPSA) is 115 Å². The van der Waals surface area contributed by atoms with E-state index in [2.05, 4.69) is 10.4 Å². The zero-order valence-corrected chi connectivity index (χ0v) is 14.4. The molecule has 2 aliphatic heterocycles. The first-order valence-electron chi connectivity index (χ1n) is 7.43. The average molecular weight is 361 g/mol. The van der Waals surface area contributed by atoms with Gasteiger partial charge < -0.3 is 5.32 Å². The van der Waals surface area contributed by atoms with Crippen molar-refractivity contribution in [2.24, 2.45) is 0 Å². The van der Waals surface area contributed by atoms with Crippen molar-refractivity contribution in [2.45, 2.75) is 31.8 Å². The van der Waals surface area contributed by atoms with Crippen molar-refractivity contribution in [3.8, 4) is 0 Å². The zero-order valence-electron chi connectivity index (χ0n) is 12.7. The highest BCUT2D eigenvalue weighted by atomic mass is 32.2. The van der Waals surface area contributed by atoms with Crippen LogP contribution in [0.1, 0.15) is 34.9 Å². The third-order valence-corrected chi connectivity index (χ3v) is 7.93. The molecule has 0 spiro atoms. The van der Waals surface area contributed by atoms with Crippen molar-refractivity contribution in [1.82, 2.24) is 15.1 Å². The van der Waals surface area contributed by atoms with Gasteiger partial charge in [0.1, 0.15) is 0 Å². The van der Waals surface area contributed by atoms with E-state index in [-0.39, 0.29) is 41.0 Å². The third kappa shape index (κ3) is 3.42. The molecule has 23 heavy (non-hydrogen) atoms. The molecule has 10 heteroatoms. The maximum absolute atomic E-state index is 12.3. The maximum atomic E-state index is 12.3. The molecule has 0 bridgehead atoms. The van der Waals surface area contributed by atoms with Gasteiger partial charge in [-0.3, -0.25) is 9.48 Å². The van der Waals surface area contributed by atoms with Crippen LogP contribution in [0.4, 0.5) is 0 Å². The highest BCUT2D eigenvalue weighted by Gasteiger charge is 2.33. The van der Waals surface area contributed by atoms with Crippen molar-refractivity contribution < 1.29 is 21.6 Å². The molecule has 0 radical (unpaired) electrons. The second-order valence-electron chi connectivity index (χ2n) is 6.22. The van der Waals surface area contributed by atoms with E-state index in [0.29, 0.717) is 24.1 Å². The van der Waals surface area contributed by atoms with Crippen LogP contribution in [0, 0.1) is 6.92 Å². The third-order valence-electron chi connectivity index (χ3n) is 4.41. The Kier molecular flexibility index (Phi) is 3.99. The average Bonchev–Trinajstić information content (AvgIpc) is 3.07. The summed E-state index contributed by atoms with van der Waals surface area (Å²) >= 11 is 0. The number of carbonyl (C=O) groups excluding carboxylic acids is 1. The Morgan fingerprint density at radius 3 is 2.39 bits per heavy atom. The van der Waals surface area contributed by atoms with Gasteiger partial charge in [-0.2, -0.15) is 5.10 Å². The fraction of sp³-hybridized carbons (Fsp3) is 0.692. The molecule has 2 fully saturated rings.